The minimum absolute atomic E-state index is 0.169. The van der Waals surface area contributed by atoms with Crippen molar-refractivity contribution in [2.75, 3.05) is 19.0 Å². The summed E-state index contributed by atoms with van der Waals surface area (Å²) in [6.07, 6.45) is 1.50. The third-order valence-electron chi connectivity index (χ3n) is 3.43. The Labute approximate surface area is 129 Å². The van der Waals surface area contributed by atoms with Gasteiger partial charge in [0.1, 0.15) is 0 Å². The highest BCUT2D eigenvalue weighted by atomic mass is 35.5. The van der Waals surface area contributed by atoms with Crippen molar-refractivity contribution >= 4 is 34.5 Å². The second-order valence-electron chi connectivity index (χ2n) is 5.22. The summed E-state index contributed by atoms with van der Waals surface area (Å²) in [4.78, 5) is 18.2. The average molecular weight is 304 g/mol. The number of aliphatic imine (C=N–C) groups is 1. The van der Waals surface area contributed by atoms with Crippen molar-refractivity contribution in [3.05, 3.63) is 46.1 Å². The maximum Gasteiger partial charge on any atom is 0.202 e. The lowest BCUT2D eigenvalue weighted by molar-refractivity contribution is -0.111. The summed E-state index contributed by atoms with van der Waals surface area (Å²) >= 11 is 6.29. The van der Waals surface area contributed by atoms with Gasteiger partial charge in [-0.15, -0.1) is 0 Å². The number of nitrogens with zero attached hydrogens (tertiary/aromatic N) is 2. The molecule has 0 heterocycles. The molecule has 21 heavy (non-hydrogen) atoms. The van der Waals surface area contributed by atoms with Crippen LogP contribution in [0.3, 0.4) is 0 Å². The van der Waals surface area contributed by atoms with Crippen molar-refractivity contribution in [1.29, 1.82) is 0 Å². The second kappa shape index (κ2) is 5.74. The number of carbonyl (C=O) groups excluding carboxylic acids is 1. The average Bonchev–Trinajstić information content (AvgIpc) is 2.42. The Bertz CT molecular complexity index is 699. The largest absolute Gasteiger partial charge is 0.395 e. The summed E-state index contributed by atoms with van der Waals surface area (Å²) in [6.45, 7) is 3.64. The Morgan fingerprint density at radius 3 is 2.48 bits per heavy atom. The van der Waals surface area contributed by atoms with Crippen LogP contribution in [0.25, 0.3) is 0 Å². The predicted octanol–water partition coefficient (Wildman–Crippen LogP) is 3.24. The molecule has 0 fully saturated rings. The van der Waals surface area contributed by atoms with Crippen LogP contribution in [0.4, 0.5) is 11.4 Å². The zero-order valence-corrected chi connectivity index (χ0v) is 13.3. The first kappa shape index (κ1) is 15.3. The lowest BCUT2D eigenvalue weighted by Crippen LogP contribution is -2.21. The fraction of sp³-hybridized carbons (Fsp3) is 0.250. The number of allylic oxidation sites excluding steroid dienone is 3. The Morgan fingerprint density at radius 1 is 1.24 bits per heavy atom. The number of nitrogens with two attached hydrogens (primary N) is 1. The van der Waals surface area contributed by atoms with Gasteiger partial charge in [0.05, 0.1) is 22.1 Å². The number of halogens is 1. The van der Waals surface area contributed by atoms with Crippen LogP contribution < -0.4 is 10.6 Å². The van der Waals surface area contributed by atoms with E-state index in [1.54, 1.807) is 6.92 Å². The van der Waals surface area contributed by atoms with Crippen LogP contribution in [-0.2, 0) is 4.79 Å². The summed E-state index contributed by atoms with van der Waals surface area (Å²) in [6, 6.07) is 5.66. The van der Waals surface area contributed by atoms with Crippen molar-refractivity contribution in [2.24, 2.45) is 10.7 Å². The molecule has 0 aliphatic heterocycles. The van der Waals surface area contributed by atoms with Crippen molar-refractivity contribution in [1.82, 2.24) is 0 Å². The van der Waals surface area contributed by atoms with E-state index in [-0.39, 0.29) is 11.5 Å². The van der Waals surface area contributed by atoms with Crippen molar-refractivity contribution in [3.63, 3.8) is 0 Å². The Kier molecular flexibility index (Phi) is 4.19. The van der Waals surface area contributed by atoms with Gasteiger partial charge in [0, 0.05) is 25.4 Å². The molecule has 0 saturated heterocycles. The van der Waals surface area contributed by atoms with Gasteiger partial charge >= 0.3 is 0 Å². The Balaban J connectivity index is 2.49. The smallest absolute Gasteiger partial charge is 0.202 e. The van der Waals surface area contributed by atoms with Gasteiger partial charge in [-0.05, 0) is 43.7 Å². The fourth-order valence-corrected chi connectivity index (χ4v) is 2.33. The monoisotopic (exact) mass is 303 g/mol. The molecule has 0 radical (unpaired) electrons. The highest BCUT2D eigenvalue weighted by Crippen LogP contribution is 2.31. The van der Waals surface area contributed by atoms with E-state index in [9.17, 15) is 4.79 Å². The van der Waals surface area contributed by atoms with Crippen LogP contribution >= 0.6 is 11.6 Å². The normalized spacial score (nSPS) is 17.3. The summed E-state index contributed by atoms with van der Waals surface area (Å²) in [5, 5.41) is 0.560. The molecule has 1 aromatic rings. The van der Waals surface area contributed by atoms with Crippen molar-refractivity contribution < 1.29 is 4.79 Å². The molecule has 4 nitrogen and oxygen atoms in total. The SMILES string of the molecule is CC1=CC(=O)C(N)=C(C)C1=Nc1ccc(N(C)C)cc1Cl. The third kappa shape index (κ3) is 3.00. The van der Waals surface area contributed by atoms with E-state index in [1.807, 2.05) is 44.1 Å². The van der Waals surface area contributed by atoms with E-state index in [0.29, 0.717) is 22.0 Å². The number of hydrogen-bond donors (Lipinski definition) is 1. The molecule has 1 aromatic carbocycles. The van der Waals surface area contributed by atoms with Gasteiger partial charge in [-0.2, -0.15) is 0 Å². The highest BCUT2D eigenvalue weighted by molar-refractivity contribution is 6.34. The summed E-state index contributed by atoms with van der Waals surface area (Å²) in [5.74, 6) is -0.169. The van der Waals surface area contributed by atoms with Gasteiger partial charge in [-0.25, -0.2) is 4.99 Å². The lowest BCUT2D eigenvalue weighted by atomic mass is 9.94. The summed E-state index contributed by atoms with van der Waals surface area (Å²) < 4.78 is 0. The first-order valence-electron chi connectivity index (χ1n) is 6.56. The Morgan fingerprint density at radius 2 is 1.90 bits per heavy atom. The van der Waals surface area contributed by atoms with Crippen LogP contribution in [0.5, 0.6) is 0 Å². The first-order chi connectivity index (χ1) is 9.81. The van der Waals surface area contributed by atoms with E-state index in [0.717, 1.165) is 11.3 Å². The minimum Gasteiger partial charge on any atom is -0.395 e. The van der Waals surface area contributed by atoms with Crippen LogP contribution in [-0.4, -0.2) is 25.6 Å². The van der Waals surface area contributed by atoms with Gasteiger partial charge in [0.15, 0.2) is 0 Å². The van der Waals surface area contributed by atoms with Gasteiger partial charge < -0.3 is 10.6 Å². The lowest BCUT2D eigenvalue weighted by Gasteiger charge is -2.16. The fourth-order valence-electron chi connectivity index (χ4n) is 2.11. The minimum atomic E-state index is -0.169. The van der Waals surface area contributed by atoms with Gasteiger partial charge in [0.25, 0.3) is 0 Å². The van der Waals surface area contributed by atoms with E-state index in [4.69, 9.17) is 17.3 Å². The molecule has 0 atom stereocenters. The molecule has 110 valence electrons. The zero-order valence-electron chi connectivity index (χ0n) is 12.6. The van der Waals surface area contributed by atoms with Crippen LogP contribution in [0.1, 0.15) is 13.8 Å². The molecule has 1 aliphatic carbocycles. The summed E-state index contributed by atoms with van der Waals surface area (Å²) in [7, 11) is 3.90. The quantitative estimate of drug-likeness (QED) is 0.853. The molecule has 0 spiro atoms. The number of benzene rings is 1. The zero-order chi connectivity index (χ0) is 15.7. The maximum atomic E-state index is 11.7. The van der Waals surface area contributed by atoms with Crippen LogP contribution in [0, 0.1) is 0 Å². The van der Waals surface area contributed by atoms with Gasteiger partial charge in [-0.3, -0.25) is 4.79 Å². The highest BCUT2D eigenvalue weighted by Gasteiger charge is 2.20. The summed E-state index contributed by atoms with van der Waals surface area (Å²) in [5.41, 5.74) is 9.87. The molecule has 1 aliphatic rings. The topological polar surface area (TPSA) is 58.7 Å². The standard InChI is InChI=1S/C16H18ClN3O/c1-9-7-14(21)15(18)10(2)16(9)19-13-6-5-11(20(3)4)8-12(13)17/h5-8H,18H2,1-4H3. The Hall–Kier alpha value is -2.07. The molecular weight excluding hydrogens is 286 g/mol. The van der Waals surface area contributed by atoms with Crippen LogP contribution in [0.2, 0.25) is 5.02 Å². The number of ketones is 1. The molecule has 2 rings (SSSR count). The number of carbonyl (C=O) groups is 1. The molecule has 2 N–H and O–H groups in total. The van der Waals surface area contributed by atoms with Crippen LogP contribution in [0.15, 0.2) is 46.1 Å². The van der Waals surface area contributed by atoms with Crippen molar-refractivity contribution in [2.45, 2.75) is 13.8 Å². The molecular formula is C16H18ClN3O. The van der Waals surface area contributed by atoms with E-state index >= 15 is 0 Å². The molecule has 0 bridgehead atoms. The predicted molar refractivity (Wildman–Crippen MR) is 88.5 cm³/mol. The molecule has 0 unspecified atom stereocenters. The van der Waals surface area contributed by atoms with E-state index in [1.165, 1.54) is 6.08 Å². The molecule has 0 aromatic heterocycles. The molecule has 0 saturated carbocycles. The second-order valence-corrected chi connectivity index (χ2v) is 5.63. The molecule has 0 amide bonds. The van der Waals surface area contributed by atoms with E-state index in [2.05, 4.69) is 4.99 Å². The maximum absolute atomic E-state index is 11.7. The van der Waals surface area contributed by atoms with E-state index < -0.39 is 0 Å². The molecule has 5 heteroatoms. The number of hydrogen-bond acceptors (Lipinski definition) is 4. The van der Waals surface area contributed by atoms with Gasteiger partial charge in [-0.1, -0.05) is 11.6 Å². The van der Waals surface area contributed by atoms with Gasteiger partial charge in [0.2, 0.25) is 5.78 Å². The van der Waals surface area contributed by atoms with Crippen molar-refractivity contribution in [3.8, 4) is 0 Å². The number of rotatable bonds is 2. The number of anilines is 1. The third-order valence-corrected chi connectivity index (χ3v) is 3.73. The first-order valence-corrected chi connectivity index (χ1v) is 6.94.